The highest BCUT2D eigenvalue weighted by Crippen LogP contribution is 2.08. The van der Waals surface area contributed by atoms with Crippen molar-refractivity contribution in [1.82, 2.24) is 16.0 Å². The van der Waals surface area contributed by atoms with E-state index in [1.54, 1.807) is 20.8 Å². The summed E-state index contributed by atoms with van der Waals surface area (Å²) in [6, 6.07) is -4.89. The number of amides is 4. The number of aliphatic carboxylic acids is 1. The van der Waals surface area contributed by atoms with Crippen LogP contribution in [-0.4, -0.2) is 70.1 Å². The maximum absolute atomic E-state index is 12.8. The number of carbonyl (C=O) groups is 5. The van der Waals surface area contributed by atoms with Gasteiger partial charge in [0.1, 0.15) is 18.1 Å². The smallest absolute Gasteiger partial charge is 0.326 e. The SMILES string of the molecule is CCC(C)C(N)C(=O)NC(CCC(N)=O)C(=O)NC(C(=O)NC(C(=O)O)C(C)C)C(C)O. The molecule has 0 bridgehead atoms. The van der Waals surface area contributed by atoms with E-state index in [1.807, 2.05) is 6.92 Å². The molecule has 0 rings (SSSR count). The van der Waals surface area contributed by atoms with E-state index in [0.717, 1.165) is 0 Å². The molecule has 0 aliphatic heterocycles. The second-order valence-electron chi connectivity index (χ2n) is 8.27. The molecule has 9 N–H and O–H groups in total. The van der Waals surface area contributed by atoms with E-state index in [2.05, 4.69) is 16.0 Å². The molecule has 6 unspecified atom stereocenters. The quantitative estimate of drug-likeness (QED) is 0.157. The lowest BCUT2D eigenvalue weighted by Crippen LogP contribution is -2.60. The summed E-state index contributed by atoms with van der Waals surface area (Å²) in [5, 5.41) is 26.3. The molecule has 6 atom stereocenters. The summed E-state index contributed by atoms with van der Waals surface area (Å²) >= 11 is 0. The van der Waals surface area contributed by atoms with E-state index >= 15 is 0 Å². The van der Waals surface area contributed by atoms with Crippen molar-refractivity contribution in [1.29, 1.82) is 0 Å². The van der Waals surface area contributed by atoms with Crippen LogP contribution in [0.4, 0.5) is 0 Å². The van der Waals surface area contributed by atoms with E-state index in [4.69, 9.17) is 11.5 Å². The Hall–Kier alpha value is -2.73. The minimum atomic E-state index is -1.50. The molecule has 0 saturated carbocycles. The lowest BCUT2D eigenvalue weighted by Gasteiger charge is -2.27. The Labute approximate surface area is 187 Å². The number of carboxylic acid groups (broad SMARTS) is 1. The predicted molar refractivity (Wildman–Crippen MR) is 116 cm³/mol. The molecule has 0 saturated heterocycles. The van der Waals surface area contributed by atoms with Crippen molar-refractivity contribution >= 4 is 29.6 Å². The molecular weight excluding hydrogens is 422 g/mol. The van der Waals surface area contributed by atoms with Gasteiger partial charge in [-0.15, -0.1) is 0 Å². The topological polar surface area (TPSA) is 214 Å². The number of rotatable bonds is 14. The third-order valence-electron chi connectivity index (χ3n) is 5.17. The first-order valence-corrected chi connectivity index (χ1v) is 10.6. The molecule has 0 aliphatic carbocycles. The number of carboxylic acids is 1. The Morgan fingerprint density at radius 2 is 1.41 bits per heavy atom. The van der Waals surface area contributed by atoms with Crippen LogP contribution < -0.4 is 27.4 Å². The second-order valence-corrected chi connectivity index (χ2v) is 8.27. The van der Waals surface area contributed by atoms with Crippen molar-refractivity contribution in [3.63, 3.8) is 0 Å². The molecule has 0 aromatic rings. The minimum Gasteiger partial charge on any atom is -0.480 e. The molecule has 12 nitrogen and oxygen atoms in total. The van der Waals surface area contributed by atoms with Gasteiger partial charge in [-0.05, 0) is 25.2 Å². The summed E-state index contributed by atoms with van der Waals surface area (Å²) in [5.74, 6) is -4.97. The average Bonchev–Trinajstić information content (AvgIpc) is 2.70. The number of hydrogen-bond donors (Lipinski definition) is 7. The highest BCUT2D eigenvalue weighted by atomic mass is 16.4. The number of nitrogens with two attached hydrogens (primary N) is 2. The maximum Gasteiger partial charge on any atom is 0.326 e. The van der Waals surface area contributed by atoms with Crippen LogP contribution in [0.2, 0.25) is 0 Å². The van der Waals surface area contributed by atoms with Crippen LogP contribution in [0, 0.1) is 11.8 Å². The van der Waals surface area contributed by atoms with Crippen molar-refractivity contribution in [3.8, 4) is 0 Å². The van der Waals surface area contributed by atoms with Crippen LogP contribution in [0.25, 0.3) is 0 Å². The van der Waals surface area contributed by atoms with Gasteiger partial charge < -0.3 is 37.6 Å². The molecule has 32 heavy (non-hydrogen) atoms. The van der Waals surface area contributed by atoms with Crippen LogP contribution in [0.3, 0.4) is 0 Å². The first-order chi connectivity index (χ1) is 14.7. The minimum absolute atomic E-state index is 0.155. The number of carbonyl (C=O) groups excluding carboxylic acids is 4. The van der Waals surface area contributed by atoms with Gasteiger partial charge in [-0.3, -0.25) is 19.2 Å². The molecule has 4 amide bonds. The van der Waals surface area contributed by atoms with E-state index in [9.17, 15) is 34.2 Å². The fourth-order valence-electron chi connectivity index (χ4n) is 2.75. The van der Waals surface area contributed by atoms with Gasteiger partial charge in [0.05, 0.1) is 12.1 Å². The monoisotopic (exact) mass is 459 g/mol. The van der Waals surface area contributed by atoms with Gasteiger partial charge in [0.2, 0.25) is 23.6 Å². The van der Waals surface area contributed by atoms with E-state index in [-0.39, 0.29) is 18.8 Å². The standard InChI is InChI=1S/C20H37N5O7/c1-6-10(4)14(22)18(29)23-12(7-8-13(21)27)17(28)25-16(11(5)26)19(30)24-15(9(2)3)20(31)32/h9-12,14-16,26H,6-8,22H2,1-5H3,(H2,21,27)(H,23,29)(H,24,30)(H,25,28)(H,31,32). The number of nitrogens with one attached hydrogen (secondary N) is 3. The number of aliphatic hydroxyl groups excluding tert-OH is 1. The first kappa shape index (κ1) is 29.3. The highest BCUT2D eigenvalue weighted by molar-refractivity contribution is 5.94. The summed E-state index contributed by atoms with van der Waals surface area (Å²) in [7, 11) is 0. The van der Waals surface area contributed by atoms with Crippen molar-refractivity contribution in [2.24, 2.45) is 23.3 Å². The normalized spacial score (nSPS) is 16.8. The molecule has 0 radical (unpaired) electrons. The molecule has 0 heterocycles. The van der Waals surface area contributed by atoms with Crippen LogP contribution in [0.15, 0.2) is 0 Å². The van der Waals surface area contributed by atoms with E-state index in [1.165, 1.54) is 6.92 Å². The highest BCUT2D eigenvalue weighted by Gasteiger charge is 2.33. The van der Waals surface area contributed by atoms with Gasteiger partial charge in [0.15, 0.2) is 0 Å². The zero-order valence-corrected chi connectivity index (χ0v) is 19.3. The Balaban J connectivity index is 5.52. The van der Waals surface area contributed by atoms with Crippen LogP contribution in [-0.2, 0) is 24.0 Å². The van der Waals surface area contributed by atoms with Gasteiger partial charge in [0, 0.05) is 6.42 Å². The van der Waals surface area contributed by atoms with Crippen molar-refractivity contribution < 1.29 is 34.2 Å². The van der Waals surface area contributed by atoms with Crippen molar-refractivity contribution in [3.05, 3.63) is 0 Å². The fraction of sp³-hybridized carbons (Fsp3) is 0.750. The summed E-state index contributed by atoms with van der Waals surface area (Å²) in [5.41, 5.74) is 11.0. The summed E-state index contributed by atoms with van der Waals surface area (Å²) in [4.78, 5) is 60.3. The van der Waals surface area contributed by atoms with Crippen molar-refractivity contribution in [2.45, 2.75) is 84.2 Å². The largest absolute Gasteiger partial charge is 0.480 e. The van der Waals surface area contributed by atoms with Crippen LogP contribution in [0.5, 0.6) is 0 Å². The first-order valence-electron chi connectivity index (χ1n) is 10.6. The van der Waals surface area contributed by atoms with Crippen LogP contribution in [0.1, 0.15) is 53.9 Å². The fourth-order valence-corrected chi connectivity index (χ4v) is 2.75. The zero-order chi connectivity index (χ0) is 25.2. The summed E-state index contributed by atoms with van der Waals surface area (Å²) < 4.78 is 0. The lowest BCUT2D eigenvalue weighted by molar-refractivity contribution is -0.144. The molecular formula is C20H37N5O7. The molecule has 0 aliphatic rings. The summed E-state index contributed by atoms with van der Waals surface area (Å²) in [6.07, 6.45) is -1.14. The third kappa shape index (κ3) is 9.60. The molecule has 0 aromatic heterocycles. The molecule has 12 heteroatoms. The number of aliphatic hydroxyl groups is 1. The van der Waals surface area contributed by atoms with E-state index in [0.29, 0.717) is 6.42 Å². The predicted octanol–water partition coefficient (Wildman–Crippen LogP) is -1.80. The Morgan fingerprint density at radius 3 is 1.81 bits per heavy atom. The van der Waals surface area contributed by atoms with Gasteiger partial charge in [-0.2, -0.15) is 0 Å². The molecule has 184 valence electrons. The number of primary amides is 1. The van der Waals surface area contributed by atoms with Gasteiger partial charge >= 0.3 is 5.97 Å². The molecule has 0 fully saturated rings. The second kappa shape index (κ2) is 13.6. The Morgan fingerprint density at radius 1 is 0.875 bits per heavy atom. The van der Waals surface area contributed by atoms with E-state index < -0.39 is 65.8 Å². The third-order valence-corrected chi connectivity index (χ3v) is 5.17. The van der Waals surface area contributed by atoms with Gasteiger partial charge in [0.25, 0.3) is 0 Å². The Kier molecular flexibility index (Phi) is 12.5. The van der Waals surface area contributed by atoms with Crippen molar-refractivity contribution in [2.75, 3.05) is 0 Å². The average molecular weight is 460 g/mol. The lowest BCUT2D eigenvalue weighted by atomic mass is 9.98. The maximum atomic E-state index is 12.8. The zero-order valence-electron chi connectivity index (χ0n) is 19.3. The molecule has 0 spiro atoms. The Bertz CT molecular complexity index is 683. The van der Waals surface area contributed by atoms with Gasteiger partial charge in [-0.25, -0.2) is 4.79 Å². The molecule has 0 aromatic carbocycles. The van der Waals surface area contributed by atoms with Gasteiger partial charge in [-0.1, -0.05) is 34.1 Å². The summed E-state index contributed by atoms with van der Waals surface area (Å²) in [6.45, 7) is 8.04. The van der Waals surface area contributed by atoms with Crippen LogP contribution >= 0.6 is 0 Å². The number of hydrogen-bond acceptors (Lipinski definition) is 7.